The average Bonchev–Trinajstić information content (AvgIpc) is 2.43. The van der Waals surface area contributed by atoms with Crippen molar-refractivity contribution in [3.8, 4) is 0 Å². The van der Waals surface area contributed by atoms with Gasteiger partial charge >= 0.3 is 0 Å². The van der Waals surface area contributed by atoms with E-state index >= 15 is 0 Å². The molecule has 0 atom stereocenters. The molecule has 74 valence electrons. The van der Waals surface area contributed by atoms with Gasteiger partial charge in [-0.15, -0.1) is 0 Å². The second-order valence-corrected chi connectivity index (χ2v) is 4.32. The summed E-state index contributed by atoms with van der Waals surface area (Å²) in [5.74, 6) is 0.597. The van der Waals surface area contributed by atoms with Crippen LogP contribution in [0.1, 0.15) is 30.9 Å². The van der Waals surface area contributed by atoms with Crippen molar-refractivity contribution in [1.29, 1.82) is 0 Å². The summed E-state index contributed by atoms with van der Waals surface area (Å²) >= 11 is 0. The molecule has 1 heterocycles. The molecular formula is C13H17N. The van der Waals surface area contributed by atoms with E-state index in [4.69, 9.17) is 0 Å². The minimum atomic E-state index is 0.597. The third-order valence-corrected chi connectivity index (χ3v) is 2.86. The minimum absolute atomic E-state index is 0.597. The van der Waals surface area contributed by atoms with Gasteiger partial charge in [0.25, 0.3) is 0 Å². The highest BCUT2D eigenvalue weighted by atomic mass is 14.9. The summed E-state index contributed by atoms with van der Waals surface area (Å²) in [7, 11) is 2.11. The van der Waals surface area contributed by atoms with Crippen LogP contribution in [0.25, 0.3) is 10.9 Å². The Morgan fingerprint density at radius 2 is 1.93 bits per heavy atom. The normalized spacial score (nSPS) is 11.5. The van der Waals surface area contributed by atoms with Crippen LogP contribution in [0.15, 0.2) is 24.4 Å². The van der Waals surface area contributed by atoms with E-state index in [9.17, 15) is 0 Å². The molecule has 0 saturated heterocycles. The lowest BCUT2D eigenvalue weighted by Crippen LogP contribution is -1.90. The van der Waals surface area contributed by atoms with Crippen LogP contribution in [0.4, 0.5) is 0 Å². The highest BCUT2D eigenvalue weighted by molar-refractivity contribution is 5.87. The van der Waals surface area contributed by atoms with Crippen LogP contribution < -0.4 is 0 Å². The Morgan fingerprint density at radius 1 is 1.21 bits per heavy atom. The van der Waals surface area contributed by atoms with Crippen LogP contribution in [0, 0.1) is 6.92 Å². The van der Waals surface area contributed by atoms with Gasteiger partial charge in [0.05, 0.1) is 0 Å². The largest absolute Gasteiger partial charge is 0.350 e. The Balaban J connectivity index is 2.85. The van der Waals surface area contributed by atoms with Gasteiger partial charge in [-0.2, -0.15) is 0 Å². The molecule has 0 aliphatic rings. The van der Waals surface area contributed by atoms with E-state index in [0.717, 1.165) is 0 Å². The van der Waals surface area contributed by atoms with Gasteiger partial charge in [0.15, 0.2) is 0 Å². The van der Waals surface area contributed by atoms with E-state index in [1.54, 1.807) is 0 Å². The fourth-order valence-electron chi connectivity index (χ4n) is 2.19. The summed E-state index contributed by atoms with van der Waals surface area (Å²) in [5, 5.41) is 1.44. The Kier molecular flexibility index (Phi) is 2.10. The zero-order chi connectivity index (χ0) is 10.3. The first-order valence-corrected chi connectivity index (χ1v) is 5.16. The van der Waals surface area contributed by atoms with Crippen LogP contribution in [0.2, 0.25) is 0 Å². The number of nitrogens with zero attached hydrogens (tertiary/aromatic N) is 1. The molecule has 1 nitrogen and oxygen atoms in total. The first-order valence-electron chi connectivity index (χ1n) is 5.16. The van der Waals surface area contributed by atoms with Crippen LogP contribution in [0.5, 0.6) is 0 Å². The lowest BCUT2D eigenvalue weighted by atomic mass is 9.97. The Hall–Kier alpha value is -1.24. The molecule has 0 aliphatic carbocycles. The van der Waals surface area contributed by atoms with Crippen molar-refractivity contribution in [3.63, 3.8) is 0 Å². The zero-order valence-electron chi connectivity index (χ0n) is 9.33. The summed E-state index contributed by atoms with van der Waals surface area (Å²) in [4.78, 5) is 0. The average molecular weight is 187 g/mol. The highest BCUT2D eigenvalue weighted by Gasteiger charge is 2.09. The molecule has 0 bridgehead atoms. The number of hydrogen-bond donors (Lipinski definition) is 0. The van der Waals surface area contributed by atoms with E-state index in [2.05, 4.69) is 56.8 Å². The molecule has 0 aliphatic heterocycles. The van der Waals surface area contributed by atoms with Crippen molar-refractivity contribution >= 4 is 10.9 Å². The van der Waals surface area contributed by atoms with Gasteiger partial charge in [-0.3, -0.25) is 0 Å². The summed E-state index contributed by atoms with van der Waals surface area (Å²) in [6, 6.07) is 6.57. The molecule has 0 spiro atoms. The van der Waals surface area contributed by atoms with Crippen LogP contribution in [-0.2, 0) is 7.05 Å². The van der Waals surface area contributed by atoms with Crippen LogP contribution >= 0.6 is 0 Å². The molecule has 0 N–H and O–H groups in total. The Morgan fingerprint density at radius 3 is 2.57 bits per heavy atom. The predicted molar refractivity (Wildman–Crippen MR) is 61.7 cm³/mol. The zero-order valence-corrected chi connectivity index (χ0v) is 9.33. The molecule has 1 heteroatoms. The summed E-state index contributed by atoms with van der Waals surface area (Å²) in [5.41, 5.74) is 4.18. The molecule has 14 heavy (non-hydrogen) atoms. The van der Waals surface area contributed by atoms with Crippen molar-refractivity contribution < 1.29 is 0 Å². The summed E-state index contributed by atoms with van der Waals surface area (Å²) < 4.78 is 2.20. The molecule has 0 fully saturated rings. The van der Waals surface area contributed by atoms with E-state index < -0.39 is 0 Å². The molecule has 1 aromatic heterocycles. The Bertz CT molecular complexity index is 463. The maximum atomic E-state index is 2.25. The third kappa shape index (κ3) is 1.24. The molecule has 0 radical (unpaired) electrons. The lowest BCUT2D eigenvalue weighted by molar-refractivity contribution is 0.875. The number of aromatic nitrogens is 1. The highest BCUT2D eigenvalue weighted by Crippen LogP contribution is 2.28. The maximum absolute atomic E-state index is 2.25. The van der Waals surface area contributed by atoms with E-state index in [-0.39, 0.29) is 0 Å². The third-order valence-electron chi connectivity index (χ3n) is 2.86. The van der Waals surface area contributed by atoms with Gasteiger partial charge in [0.2, 0.25) is 0 Å². The maximum Gasteiger partial charge on any atom is 0.0483 e. The number of rotatable bonds is 1. The van der Waals surface area contributed by atoms with Crippen molar-refractivity contribution in [2.45, 2.75) is 26.7 Å². The quantitative estimate of drug-likeness (QED) is 0.642. The van der Waals surface area contributed by atoms with Crippen LogP contribution in [0.3, 0.4) is 0 Å². The molecule has 0 saturated carbocycles. The number of hydrogen-bond acceptors (Lipinski definition) is 0. The molecule has 0 amide bonds. The molecule has 0 unspecified atom stereocenters. The van der Waals surface area contributed by atoms with Gasteiger partial charge in [-0.1, -0.05) is 26.0 Å². The van der Waals surface area contributed by atoms with Gasteiger partial charge in [0.1, 0.15) is 0 Å². The topological polar surface area (TPSA) is 4.93 Å². The standard InChI is InChI=1S/C13H17N/c1-9(2)11-6-5-7-12-13(11)10(3)8-14(12)4/h5-9H,1-4H3. The number of fused-ring (bicyclic) bond motifs is 1. The van der Waals surface area contributed by atoms with E-state index in [0.29, 0.717) is 5.92 Å². The van der Waals surface area contributed by atoms with Gasteiger partial charge < -0.3 is 4.57 Å². The fourth-order valence-corrected chi connectivity index (χ4v) is 2.19. The van der Waals surface area contributed by atoms with Gasteiger partial charge in [-0.05, 0) is 30.0 Å². The molecule has 2 aromatic rings. The van der Waals surface area contributed by atoms with Crippen molar-refractivity contribution in [3.05, 3.63) is 35.5 Å². The first kappa shape index (κ1) is 9.32. The van der Waals surface area contributed by atoms with Crippen molar-refractivity contribution in [2.75, 3.05) is 0 Å². The molecule has 1 aromatic carbocycles. The number of benzene rings is 1. The van der Waals surface area contributed by atoms with Crippen molar-refractivity contribution in [1.82, 2.24) is 4.57 Å². The second-order valence-electron chi connectivity index (χ2n) is 4.32. The Labute approximate surface area is 85.4 Å². The smallest absolute Gasteiger partial charge is 0.0483 e. The SMILES string of the molecule is Cc1cn(C)c2cccc(C(C)C)c12. The summed E-state index contributed by atoms with van der Waals surface area (Å²) in [6.07, 6.45) is 2.20. The summed E-state index contributed by atoms with van der Waals surface area (Å²) in [6.45, 7) is 6.69. The fraction of sp³-hybridized carbons (Fsp3) is 0.385. The molecular weight excluding hydrogens is 170 g/mol. The van der Waals surface area contributed by atoms with Crippen molar-refractivity contribution in [2.24, 2.45) is 7.05 Å². The van der Waals surface area contributed by atoms with Gasteiger partial charge in [-0.25, -0.2) is 0 Å². The monoisotopic (exact) mass is 187 g/mol. The lowest BCUT2D eigenvalue weighted by Gasteiger charge is -2.08. The number of aryl methyl sites for hydroxylation is 2. The minimum Gasteiger partial charge on any atom is -0.350 e. The van der Waals surface area contributed by atoms with Gasteiger partial charge in [0, 0.05) is 24.1 Å². The van der Waals surface area contributed by atoms with Crippen LogP contribution in [-0.4, -0.2) is 4.57 Å². The predicted octanol–water partition coefficient (Wildman–Crippen LogP) is 3.61. The van der Waals surface area contributed by atoms with E-state index in [1.807, 2.05) is 0 Å². The van der Waals surface area contributed by atoms with E-state index in [1.165, 1.54) is 22.0 Å². The second kappa shape index (κ2) is 3.16. The molecule has 2 rings (SSSR count). The first-order chi connectivity index (χ1) is 6.61.